The van der Waals surface area contributed by atoms with Crippen LogP contribution in [0.15, 0.2) is 23.1 Å². The zero-order chi connectivity index (χ0) is 23.7. The smallest absolute Gasteiger partial charge is 0.243 e. The summed E-state index contributed by atoms with van der Waals surface area (Å²) in [6, 6.07) is 5.21. The lowest BCUT2D eigenvalue weighted by molar-refractivity contribution is -0.121. The number of nitrogens with zero attached hydrogens (tertiary/aromatic N) is 3. The highest BCUT2D eigenvalue weighted by Gasteiger charge is 2.27. The van der Waals surface area contributed by atoms with E-state index in [1.54, 1.807) is 16.4 Å². The van der Waals surface area contributed by atoms with Crippen molar-refractivity contribution in [3.05, 3.63) is 24.0 Å². The van der Waals surface area contributed by atoms with E-state index in [1.165, 1.54) is 0 Å². The number of ether oxygens (including phenoxy) is 1. The van der Waals surface area contributed by atoms with Gasteiger partial charge in [-0.2, -0.15) is 4.31 Å². The van der Waals surface area contributed by atoms with Crippen molar-refractivity contribution in [1.29, 1.82) is 0 Å². The van der Waals surface area contributed by atoms with Crippen LogP contribution in [-0.2, 0) is 32.5 Å². The van der Waals surface area contributed by atoms with E-state index in [0.717, 1.165) is 63.0 Å². The Balaban J connectivity index is 1.62. The number of amides is 1. The van der Waals surface area contributed by atoms with Gasteiger partial charge in [0, 0.05) is 52.2 Å². The van der Waals surface area contributed by atoms with Crippen LogP contribution in [0.1, 0.15) is 64.6 Å². The normalized spacial score (nSPS) is 14.8. The van der Waals surface area contributed by atoms with Gasteiger partial charge in [0.2, 0.25) is 15.9 Å². The molecular formula is C24H38N4O4S. The molecule has 1 aromatic heterocycles. The molecule has 0 bridgehead atoms. The fraction of sp³-hybridized carbons (Fsp3) is 0.667. The summed E-state index contributed by atoms with van der Waals surface area (Å²) in [7, 11) is -3.48. The van der Waals surface area contributed by atoms with E-state index in [9.17, 15) is 13.2 Å². The van der Waals surface area contributed by atoms with Gasteiger partial charge < -0.3 is 14.6 Å². The Kier molecular flexibility index (Phi) is 9.70. The highest BCUT2D eigenvalue weighted by molar-refractivity contribution is 7.89. The number of aromatic nitrogens is 2. The Morgan fingerprint density at radius 2 is 1.88 bits per heavy atom. The first-order valence-electron chi connectivity index (χ1n) is 12.3. The Morgan fingerprint density at radius 1 is 1.12 bits per heavy atom. The maximum Gasteiger partial charge on any atom is 0.243 e. The van der Waals surface area contributed by atoms with Crippen molar-refractivity contribution in [1.82, 2.24) is 19.2 Å². The summed E-state index contributed by atoms with van der Waals surface area (Å²) in [6.45, 7) is 8.21. The molecule has 0 aliphatic carbocycles. The number of hydrogen-bond acceptors (Lipinski definition) is 5. The third-order valence-electron chi connectivity index (χ3n) is 5.95. The Hall–Kier alpha value is -1.97. The average Bonchev–Trinajstić information content (AvgIpc) is 3.46. The van der Waals surface area contributed by atoms with Gasteiger partial charge in [0.15, 0.2) is 0 Å². The molecule has 1 saturated heterocycles. The predicted molar refractivity (Wildman–Crippen MR) is 130 cm³/mol. The number of benzene rings is 1. The van der Waals surface area contributed by atoms with Gasteiger partial charge in [-0.05, 0) is 50.3 Å². The first-order chi connectivity index (χ1) is 16.0. The van der Waals surface area contributed by atoms with Gasteiger partial charge in [0.1, 0.15) is 5.82 Å². The zero-order valence-corrected chi connectivity index (χ0v) is 20.8. The number of nitrogens with one attached hydrogen (secondary N) is 1. The van der Waals surface area contributed by atoms with Crippen molar-refractivity contribution in [2.75, 3.05) is 32.8 Å². The Morgan fingerprint density at radius 3 is 2.61 bits per heavy atom. The van der Waals surface area contributed by atoms with Gasteiger partial charge in [0.05, 0.1) is 15.9 Å². The summed E-state index contributed by atoms with van der Waals surface area (Å²) in [5.74, 6) is 0.816. The summed E-state index contributed by atoms with van der Waals surface area (Å²) >= 11 is 0. The number of unbranched alkanes of at least 4 members (excludes halogenated alkanes) is 1. The number of aryl methyl sites for hydroxylation is 2. The molecular weight excluding hydrogens is 440 g/mol. The molecule has 184 valence electrons. The van der Waals surface area contributed by atoms with E-state index in [2.05, 4.69) is 23.7 Å². The van der Waals surface area contributed by atoms with Gasteiger partial charge in [-0.25, -0.2) is 13.4 Å². The van der Waals surface area contributed by atoms with Crippen molar-refractivity contribution in [2.24, 2.45) is 0 Å². The number of imidazole rings is 1. The second-order valence-electron chi connectivity index (χ2n) is 8.61. The molecule has 1 aliphatic rings. The van der Waals surface area contributed by atoms with Gasteiger partial charge >= 0.3 is 0 Å². The minimum atomic E-state index is -3.48. The highest BCUT2D eigenvalue weighted by Crippen LogP contribution is 2.25. The summed E-state index contributed by atoms with van der Waals surface area (Å²) < 4.78 is 35.1. The van der Waals surface area contributed by atoms with Crippen LogP contribution in [-0.4, -0.2) is 61.0 Å². The van der Waals surface area contributed by atoms with Crippen LogP contribution in [0.5, 0.6) is 0 Å². The molecule has 0 atom stereocenters. The summed E-state index contributed by atoms with van der Waals surface area (Å²) in [6.07, 6.45) is 6.60. The molecule has 8 nitrogen and oxygen atoms in total. The fourth-order valence-corrected chi connectivity index (χ4v) is 5.66. The van der Waals surface area contributed by atoms with Crippen LogP contribution in [0.2, 0.25) is 0 Å². The summed E-state index contributed by atoms with van der Waals surface area (Å²) in [4.78, 5) is 17.3. The second-order valence-corrected chi connectivity index (χ2v) is 10.5. The number of rotatable bonds is 14. The van der Waals surface area contributed by atoms with Gasteiger partial charge in [-0.3, -0.25) is 4.79 Å². The molecule has 2 aromatic rings. The SMILES string of the molecule is CCCCOCCCNC(=O)CCc1nc2cc(S(=O)(=O)N3CCCC3)ccc2n1CCC. The molecule has 1 aliphatic heterocycles. The topological polar surface area (TPSA) is 93.5 Å². The van der Waals surface area contributed by atoms with Crippen molar-refractivity contribution in [3.8, 4) is 0 Å². The van der Waals surface area contributed by atoms with E-state index in [-0.39, 0.29) is 5.91 Å². The molecule has 2 heterocycles. The van der Waals surface area contributed by atoms with Crippen LogP contribution in [0.4, 0.5) is 0 Å². The van der Waals surface area contributed by atoms with Gasteiger partial charge in [-0.1, -0.05) is 20.3 Å². The lowest BCUT2D eigenvalue weighted by Gasteiger charge is -2.15. The molecule has 0 saturated carbocycles. The van der Waals surface area contributed by atoms with Gasteiger partial charge in [0.25, 0.3) is 0 Å². The number of carbonyl (C=O) groups is 1. The van der Waals surface area contributed by atoms with E-state index < -0.39 is 10.0 Å². The summed E-state index contributed by atoms with van der Waals surface area (Å²) in [5, 5.41) is 2.95. The van der Waals surface area contributed by atoms with Crippen molar-refractivity contribution in [2.45, 2.75) is 76.7 Å². The molecule has 33 heavy (non-hydrogen) atoms. The average molecular weight is 479 g/mol. The Labute approximate surface area is 197 Å². The second kappa shape index (κ2) is 12.5. The molecule has 1 amide bonds. The lowest BCUT2D eigenvalue weighted by atomic mass is 10.2. The quantitative estimate of drug-likeness (QED) is 0.420. The molecule has 3 rings (SSSR count). The number of carbonyl (C=O) groups excluding carboxylic acids is 1. The minimum Gasteiger partial charge on any atom is -0.381 e. The van der Waals surface area contributed by atoms with Crippen LogP contribution in [0.25, 0.3) is 11.0 Å². The summed E-state index contributed by atoms with van der Waals surface area (Å²) in [5.41, 5.74) is 1.58. The maximum atomic E-state index is 12.9. The predicted octanol–water partition coefficient (Wildman–Crippen LogP) is 3.49. The Bertz CT molecular complexity index is 1010. The molecule has 9 heteroatoms. The van der Waals surface area contributed by atoms with E-state index in [4.69, 9.17) is 9.72 Å². The first kappa shape index (κ1) is 25.6. The van der Waals surface area contributed by atoms with Crippen molar-refractivity contribution < 1.29 is 17.9 Å². The van der Waals surface area contributed by atoms with E-state index in [0.29, 0.717) is 49.5 Å². The largest absolute Gasteiger partial charge is 0.381 e. The fourth-order valence-electron chi connectivity index (χ4n) is 4.13. The monoisotopic (exact) mass is 478 g/mol. The molecule has 1 N–H and O–H groups in total. The third kappa shape index (κ3) is 6.77. The molecule has 0 spiro atoms. The standard InChI is InChI=1S/C24H38N4O4S/c1-3-5-17-32-18-8-13-25-24(29)12-11-23-26-21-19-20(9-10-22(21)28(23)14-4-2)33(30,31)27-15-6-7-16-27/h9-10,19H,3-8,11-18H2,1-2H3,(H,25,29). The van der Waals surface area contributed by atoms with E-state index >= 15 is 0 Å². The molecule has 0 unspecified atom stereocenters. The van der Waals surface area contributed by atoms with Crippen LogP contribution in [0, 0.1) is 0 Å². The molecule has 1 fully saturated rings. The van der Waals surface area contributed by atoms with Crippen LogP contribution >= 0.6 is 0 Å². The number of fused-ring (bicyclic) bond motifs is 1. The molecule has 0 radical (unpaired) electrons. The lowest BCUT2D eigenvalue weighted by Crippen LogP contribution is -2.27. The first-order valence-corrected chi connectivity index (χ1v) is 13.7. The molecule has 1 aromatic carbocycles. The number of hydrogen-bond donors (Lipinski definition) is 1. The highest BCUT2D eigenvalue weighted by atomic mass is 32.2. The van der Waals surface area contributed by atoms with Gasteiger partial charge in [-0.15, -0.1) is 0 Å². The number of sulfonamides is 1. The van der Waals surface area contributed by atoms with Crippen LogP contribution in [0.3, 0.4) is 0 Å². The third-order valence-corrected chi connectivity index (χ3v) is 7.85. The minimum absolute atomic E-state index is 0.00374. The van der Waals surface area contributed by atoms with E-state index in [1.807, 2.05) is 6.07 Å². The van der Waals surface area contributed by atoms with Crippen LogP contribution < -0.4 is 5.32 Å². The van der Waals surface area contributed by atoms with Crippen molar-refractivity contribution >= 4 is 27.0 Å². The maximum absolute atomic E-state index is 12.9. The van der Waals surface area contributed by atoms with Crippen molar-refractivity contribution in [3.63, 3.8) is 0 Å². The zero-order valence-electron chi connectivity index (χ0n) is 20.0.